The van der Waals surface area contributed by atoms with Gasteiger partial charge in [-0.3, -0.25) is 23.7 Å². The molecule has 610 valence electrons. The van der Waals surface area contributed by atoms with E-state index in [-0.39, 0.29) is 30.7 Å². The smallest absolute Gasteiger partial charge is 0.406 e. The van der Waals surface area contributed by atoms with E-state index in [4.69, 9.17) is 10.2 Å². The fraction of sp³-hybridized carbons (Fsp3) is 0.434. The van der Waals surface area contributed by atoms with Crippen LogP contribution in [-0.2, 0) is 95.2 Å². The summed E-state index contributed by atoms with van der Waals surface area (Å²) >= 11 is 0. The van der Waals surface area contributed by atoms with Crippen LogP contribution >= 0.6 is 7.60 Å². The van der Waals surface area contributed by atoms with Gasteiger partial charge >= 0.3 is 49.9 Å². The van der Waals surface area contributed by atoms with Gasteiger partial charge in [0.15, 0.2) is 0 Å². The molecule has 5 aromatic rings. The van der Waals surface area contributed by atoms with Crippen LogP contribution in [0.5, 0.6) is 0 Å². The molecule has 2 atom stereocenters. The van der Waals surface area contributed by atoms with E-state index in [9.17, 15) is 57.3 Å². The van der Waals surface area contributed by atoms with E-state index in [0.717, 1.165) is 55.4 Å². The average molecular weight is 1540 g/mol. The second-order valence-corrected chi connectivity index (χ2v) is 19.2. The zero-order valence-corrected chi connectivity index (χ0v) is 69.2. The number of ether oxygens (including phenoxy) is 7. The van der Waals surface area contributed by atoms with Crippen molar-refractivity contribution < 1.29 is 110 Å². The van der Waals surface area contributed by atoms with Gasteiger partial charge in [0, 0.05) is 75.2 Å². The lowest BCUT2D eigenvalue weighted by Crippen LogP contribution is -2.41. The summed E-state index contributed by atoms with van der Waals surface area (Å²) in [5, 5.41) is 33.2. The second kappa shape index (κ2) is 93.5. The van der Waals surface area contributed by atoms with Crippen LogP contribution in [0.2, 0.25) is 0 Å². The number of aldehydes is 1. The highest BCUT2D eigenvalue weighted by molar-refractivity contribution is 7.55. The Labute approximate surface area is 637 Å². The van der Waals surface area contributed by atoms with Gasteiger partial charge in [0.2, 0.25) is 23.5 Å². The molecule has 5 aromatic carbocycles. The summed E-state index contributed by atoms with van der Waals surface area (Å²) in [7, 11) is 13.5. The molecule has 30 nitrogen and oxygen atoms in total. The van der Waals surface area contributed by atoms with Crippen molar-refractivity contribution in [3.63, 3.8) is 0 Å². The zero-order chi connectivity index (χ0) is 85.4. The third-order valence-corrected chi connectivity index (χ3v) is 12.1. The summed E-state index contributed by atoms with van der Waals surface area (Å²) in [5.41, 5.74) is 4.58. The number of aliphatic hydroxyl groups is 2. The molecule has 0 aliphatic rings. The molecule has 0 saturated carbocycles. The SMILES string of the molecule is CC.CC.CC.CC.CC.CC.CNC(=O)OC.CNC(=O)OC.CNC(=O)OC.CNC(=O)OC.COC(=O)/C(=C/c1ccccc1)NC(C)=O.COC(=O)C(Cc1ccccc1)NC(C)=O.COC(=O)C(NC(C)=O)P(=O)(OC)OC.O=Cc1ccccc1.OCc1ccccc1.OCc1ccccc1. The predicted octanol–water partition coefficient (Wildman–Crippen LogP) is 12.3. The number of benzene rings is 5. The standard InChI is InChI=1S/C12H15NO3.C12H13NO3.C7H14NO6P.2C7H8O.C7H6O.4C3H7NO2.6C2H6/c2*1-9(14)13-11(12(15)16-2)8-10-6-4-3-5-7-10;1-5(9)8-6(7(10)12-2)15(11,13-3)14-4;3*8-6-7-4-2-1-3-5-7;4*1-4-3(5)6-2;6*1-2/h3-7,11H,8H2,1-2H3,(H,13,14);3-8H,1-2H3,(H,13,14);6H,1-4H3,(H,8,9);2*1-5,8H,6H2;1-6H;4*1-2H3,(H,4,5);6*1-2H3/b;11-8-;;;;;;;;;;;;;;. The van der Waals surface area contributed by atoms with E-state index >= 15 is 0 Å². The van der Waals surface area contributed by atoms with Crippen molar-refractivity contribution in [2.45, 2.75) is 135 Å². The van der Waals surface area contributed by atoms with Crippen LogP contribution < -0.4 is 37.2 Å². The number of alkyl carbamates (subject to hydrolysis) is 4. The van der Waals surface area contributed by atoms with Gasteiger partial charge in [-0.2, -0.15) is 0 Å². The van der Waals surface area contributed by atoms with Crippen molar-refractivity contribution in [1.82, 2.24) is 37.2 Å². The lowest BCUT2D eigenvalue weighted by atomic mass is 10.1. The number of nitrogens with one attached hydrogen (secondary N) is 7. The number of rotatable bonds is 15. The number of aliphatic hydroxyl groups excluding tert-OH is 2. The Hall–Kier alpha value is -10.5. The maximum Gasteiger partial charge on any atom is 0.406 e. The molecule has 31 heteroatoms. The summed E-state index contributed by atoms with van der Waals surface area (Å²) in [6.07, 6.45) is 1.20. The predicted molar refractivity (Wildman–Crippen MR) is 422 cm³/mol. The molecule has 0 heterocycles. The highest BCUT2D eigenvalue weighted by atomic mass is 31.2. The molecule has 107 heavy (non-hydrogen) atoms. The molecule has 5 rings (SSSR count). The van der Waals surface area contributed by atoms with Gasteiger partial charge in [0.1, 0.15) is 18.0 Å². The van der Waals surface area contributed by atoms with Crippen LogP contribution in [-0.4, -0.2) is 181 Å². The van der Waals surface area contributed by atoms with E-state index in [2.05, 4.69) is 79.4 Å². The van der Waals surface area contributed by atoms with Gasteiger partial charge in [-0.1, -0.05) is 235 Å². The van der Waals surface area contributed by atoms with Crippen LogP contribution in [0.25, 0.3) is 6.08 Å². The lowest BCUT2D eigenvalue weighted by molar-refractivity contribution is -0.144. The topological polar surface area (TPSA) is 413 Å². The van der Waals surface area contributed by atoms with Gasteiger partial charge in [-0.15, -0.1) is 0 Å². The Balaban J connectivity index is -0.000000107. The molecule has 7 amide bonds. The number of amides is 7. The first kappa shape index (κ1) is 120. The van der Waals surface area contributed by atoms with Crippen molar-refractivity contribution in [3.8, 4) is 0 Å². The number of carbonyl (C=O) groups is 11. The van der Waals surface area contributed by atoms with Crippen LogP contribution in [0.4, 0.5) is 19.2 Å². The zero-order valence-electron chi connectivity index (χ0n) is 68.3. The fourth-order valence-electron chi connectivity index (χ4n) is 5.56. The minimum absolute atomic E-state index is 0.126. The fourth-order valence-corrected chi connectivity index (χ4v) is 6.83. The molecule has 0 spiro atoms. The van der Waals surface area contributed by atoms with Gasteiger partial charge in [-0.25, -0.2) is 33.6 Å². The van der Waals surface area contributed by atoms with Crippen molar-refractivity contribution in [1.29, 1.82) is 0 Å². The van der Waals surface area contributed by atoms with Crippen LogP contribution in [0, 0.1) is 0 Å². The first-order valence-electron chi connectivity index (χ1n) is 33.6. The Kier molecular flexibility index (Phi) is 105. The first-order valence-corrected chi connectivity index (χ1v) is 35.2. The molecular formula is C76H128N7O23P. The largest absolute Gasteiger partial charge is 0.467 e. The molecule has 0 bridgehead atoms. The summed E-state index contributed by atoms with van der Waals surface area (Å²) in [5.74, 6) is -4.44. The number of esters is 3. The van der Waals surface area contributed by atoms with E-state index in [0.29, 0.717) is 6.42 Å². The van der Waals surface area contributed by atoms with Gasteiger partial charge in [-0.05, 0) is 28.3 Å². The van der Waals surface area contributed by atoms with Crippen LogP contribution in [0.3, 0.4) is 0 Å². The lowest BCUT2D eigenvalue weighted by Gasteiger charge is -2.22. The molecule has 0 fully saturated rings. The third kappa shape index (κ3) is 81.0. The van der Waals surface area contributed by atoms with Crippen molar-refractivity contribution in [2.24, 2.45) is 0 Å². The van der Waals surface area contributed by atoms with Crippen LogP contribution in [0.1, 0.15) is 136 Å². The number of methoxy groups -OCH3 is 7. The van der Waals surface area contributed by atoms with Crippen molar-refractivity contribution >= 4 is 80.0 Å². The van der Waals surface area contributed by atoms with E-state index in [1.54, 1.807) is 18.2 Å². The molecule has 0 aromatic heterocycles. The molecule has 0 aliphatic heterocycles. The van der Waals surface area contributed by atoms with Crippen LogP contribution in [0.15, 0.2) is 157 Å². The van der Waals surface area contributed by atoms with Crippen molar-refractivity contribution in [2.75, 3.05) is 92.2 Å². The van der Waals surface area contributed by atoms with E-state index in [1.807, 2.05) is 223 Å². The van der Waals surface area contributed by atoms with E-state index in [1.165, 1.54) is 91.6 Å². The van der Waals surface area contributed by atoms with Gasteiger partial charge in [0.25, 0.3) is 0 Å². The van der Waals surface area contributed by atoms with Crippen molar-refractivity contribution in [3.05, 3.63) is 185 Å². The minimum atomic E-state index is -3.72. The Morgan fingerprint density at radius 3 is 0.860 bits per heavy atom. The highest BCUT2D eigenvalue weighted by Crippen LogP contribution is 2.50. The quantitative estimate of drug-likeness (QED) is 0.0154. The summed E-state index contributed by atoms with van der Waals surface area (Å²) in [6, 6.07) is 46.2. The average Bonchev–Trinajstić information content (AvgIpc) is 0.838. The number of hydrogen-bond acceptors (Lipinski definition) is 23. The molecule has 9 N–H and O–H groups in total. The third-order valence-electron chi connectivity index (χ3n) is 10.1. The maximum absolute atomic E-state index is 11.8. The number of carbonyl (C=O) groups excluding carboxylic acids is 11. The number of hydrogen-bond donors (Lipinski definition) is 9. The van der Waals surface area contributed by atoms with E-state index < -0.39 is 67.6 Å². The second-order valence-electron chi connectivity index (χ2n) is 16.9. The monoisotopic (exact) mass is 1540 g/mol. The first-order chi connectivity index (χ1) is 51.2. The Bertz CT molecular complexity index is 2840. The minimum Gasteiger partial charge on any atom is -0.467 e. The molecule has 0 saturated heterocycles. The molecule has 2 unspecified atom stereocenters. The normalized spacial score (nSPS) is 9.08. The molecule has 0 aliphatic carbocycles. The van der Waals surface area contributed by atoms with Gasteiger partial charge in [0.05, 0.1) is 63.0 Å². The van der Waals surface area contributed by atoms with Gasteiger partial charge < -0.3 is 89.6 Å². The highest BCUT2D eigenvalue weighted by Gasteiger charge is 2.41. The summed E-state index contributed by atoms with van der Waals surface area (Å²) < 4.78 is 51.2. The molecular weight excluding hydrogens is 1410 g/mol. The summed E-state index contributed by atoms with van der Waals surface area (Å²) in [4.78, 5) is 116. The maximum atomic E-state index is 11.8. The molecule has 0 radical (unpaired) electrons. The summed E-state index contributed by atoms with van der Waals surface area (Å²) in [6.45, 7) is 28.2. The Morgan fingerprint density at radius 1 is 0.383 bits per heavy atom. The Morgan fingerprint density at radius 2 is 0.664 bits per heavy atom.